The van der Waals surface area contributed by atoms with Crippen molar-refractivity contribution in [2.24, 2.45) is 0 Å². The van der Waals surface area contributed by atoms with E-state index in [-0.39, 0.29) is 5.82 Å². The van der Waals surface area contributed by atoms with Gasteiger partial charge in [0.1, 0.15) is 5.82 Å². The molecule has 5 rings (SSSR count). The molecule has 1 N–H and O–H groups in total. The standard InChI is InChI=1S/C15H15FN4/c16-11-7-10(8-17-9-11)13-1-2-14-15(19-13)18-12-3-5-20(14)6-4-12/h1-2,7-9,12H,3-6H2,(H,18,19). The molecule has 0 amide bonds. The van der Waals surface area contributed by atoms with Gasteiger partial charge in [-0.2, -0.15) is 0 Å². The molecule has 5 heterocycles. The minimum Gasteiger partial charge on any atom is -0.368 e. The van der Waals surface area contributed by atoms with Crippen LogP contribution in [0.2, 0.25) is 0 Å². The van der Waals surface area contributed by atoms with Crippen molar-refractivity contribution in [1.29, 1.82) is 0 Å². The van der Waals surface area contributed by atoms with Gasteiger partial charge < -0.3 is 10.2 Å². The van der Waals surface area contributed by atoms with E-state index in [0.717, 1.165) is 43.1 Å². The third-order valence-corrected chi connectivity index (χ3v) is 4.05. The quantitative estimate of drug-likeness (QED) is 0.865. The summed E-state index contributed by atoms with van der Waals surface area (Å²) in [5.74, 6) is 0.572. The molecular weight excluding hydrogens is 255 g/mol. The van der Waals surface area contributed by atoms with Crippen molar-refractivity contribution in [1.82, 2.24) is 9.97 Å². The molecule has 0 unspecified atom stereocenters. The molecule has 0 spiro atoms. The second kappa shape index (κ2) is 4.44. The molecule has 0 aromatic carbocycles. The highest BCUT2D eigenvalue weighted by atomic mass is 19.1. The van der Waals surface area contributed by atoms with Crippen LogP contribution >= 0.6 is 0 Å². The fourth-order valence-corrected chi connectivity index (χ4v) is 2.98. The summed E-state index contributed by atoms with van der Waals surface area (Å²) >= 11 is 0. The van der Waals surface area contributed by atoms with Crippen LogP contribution < -0.4 is 10.2 Å². The second-order valence-corrected chi connectivity index (χ2v) is 5.36. The van der Waals surface area contributed by atoms with Gasteiger partial charge in [0.15, 0.2) is 5.82 Å². The summed E-state index contributed by atoms with van der Waals surface area (Å²) in [5, 5.41) is 3.51. The summed E-state index contributed by atoms with van der Waals surface area (Å²) in [4.78, 5) is 10.9. The largest absolute Gasteiger partial charge is 0.368 e. The summed E-state index contributed by atoms with van der Waals surface area (Å²) in [7, 11) is 0. The van der Waals surface area contributed by atoms with E-state index in [1.165, 1.54) is 12.3 Å². The lowest BCUT2D eigenvalue weighted by atomic mass is 10.1. The maximum absolute atomic E-state index is 13.3. The van der Waals surface area contributed by atoms with E-state index >= 15 is 0 Å². The zero-order valence-electron chi connectivity index (χ0n) is 11.0. The Morgan fingerprint density at radius 3 is 2.85 bits per heavy atom. The Hall–Kier alpha value is -2.17. The average Bonchev–Trinajstić information content (AvgIpc) is 2.75. The Morgan fingerprint density at radius 1 is 1.20 bits per heavy atom. The van der Waals surface area contributed by atoms with Crippen molar-refractivity contribution in [3.05, 3.63) is 36.4 Å². The number of fused-ring (bicyclic) bond motifs is 2. The molecule has 2 aromatic heterocycles. The van der Waals surface area contributed by atoms with Crippen LogP contribution in [0.3, 0.4) is 0 Å². The molecule has 0 aliphatic carbocycles. The molecule has 3 aliphatic rings. The van der Waals surface area contributed by atoms with Crippen LogP contribution in [-0.4, -0.2) is 29.1 Å². The second-order valence-electron chi connectivity index (χ2n) is 5.36. The number of rotatable bonds is 1. The predicted octanol–water partition coefficient (Wildman–Crippen LogP) is 2.68. The molecule has 2 bridgehead atoms. The first kappa shape index (κ1) is 11.6. The topological polar surface area (TPSA) is 41.1 Å². The smallest absolute Gasteiger partial charge is 0.150 e. The molecular formula is C15H15FN4. The van der Waals surface area contributed by atoms with Crippen molar-refractivity contribution >= 4 is 11.5 Å². The molecule has 0 saturated carbocycles. The Labute approximate surface area is 116 Å². The molecule has 1 fully saturated rings. The number of nitrogens with zero attached hydrogens (tertiary/aromatic N) is 3. The van der Waals surface area contributed by atoms with Gasteiger partial charge in [-0.15, -0.1) is 0 Å². The van der Waals surface area contributed by atoms with Gasteiger partial charge in [-0.1, -0.05) is 0 Å². The zero-order valence-corrected chi connectivity index (χ0v) is 11.0. The summed E-state index contributed by atoms with van der Waals surface area (Å²) in [6.07, 6.45) is 5.14. The SMILES string of the molecule is Fc1cncc(-c2ccc3c(n2)NC2CCN3CC2)c1. The van der Waals surface area contributed by atoms with Crippen molar-refractivity contribution in [2.45, 2.75) is 18.9 Å². The Morgan fingerprint density at radius 2 is 2.05 bits per heavy atom. The van der Waals surface area contributed by atoms with Crippen LogP contribution in [0.25, 0.3) is 11.3 Å². The molecule has 20 heavy (non-hydrogen) atoms. The number of pyridine rings is 2. The number of aromatic nitrogens is 2. The Kier molecular flexibility index (Phi) is 2.58. The van der Waals surface area contributed by atoms with Crippen LogP contribution in [0.4, 0.5) is 15.9 Å². The van der Waals surface area contributed by atoms with Gasteiger partial charge in [0.25, 0.3) is 0 Å². The first-order valence-corrected chi connectivity index (χ1v) is 6.93. The first-order valence-electron chi connectivity index (χ1n) is 6.93. The number of nitrogens with one attached hydrogen (secondary N) is 1. The van der Waals surface area contributed by atoms with Gasteiger partial charge in [-0.05, 0) is 31.0 Å². The van der Waals surface area contributed by atoms with E-state index < -0.39 is 0 Å². The number of anilines is 2. The normalized spacial score (nSPS) is 17.6. The van der Waals surface area contributed by atoms with Gasteiger partial charge in [-0.25, -0.2) is 9.37 Å². The third-order valence-electron chi connectivity index (χ3n) is 4.05. The Balaban J connectivity index is 1.78. The maximum atomic E-state index is 13.3. The van der Waals surface area contributed by atoms with Crippen LogP contribution in [0.15, 0.2) is 30.6 Å². The van der Waals surface area contributed by atoms with Crippen LogP contribution in [-0.2, 0) is 0 Å². The first-order chi connectivity index (χ1) is 9.79. The summed E-state index contributed by atoms with van der Waals surface area (Å²) in [5.41, 5.74) is 2.62. The lowest BCUT2D eigenvalue weighted by Gasteiger charge is -2.28. The van der Waals surface area contributed by atoms with Crippen molar-refractivity contribution in [3.63, 3.8) is 0 Å². The third kappa shape index (κ3) is 1.90. The van der Waals surface area contributed by atoms with Gasteiger partial charge in [0.05, 0.1) is 17.6 Å². The number of hydrogen-bond donors (Lipinski definition) is 1. The predicted molar refractivity (Wildman–Crippen MR) is 76.3 cm³/mol. The van der Waals surface area contributed by atoms with Crippen LogP contribution in [0, 0.1) is 5.82 Å². The molecule has 0 radical (unpaired) electrons. The molecule has 4 nitrogen and oxygen atoms in total. The highest BCUT2D eigenvalue weighted by Gasteiger charge is 2.27. The fourth-order valence-electron chi connectivity index (χ4n) is 2.98. The highest BCUT2D eigenvalue weighted by Crippen LogP contribution is 2.34. The molecule has 0 atom stereocenters. The summed E-state index contributed by atoms with van der Waals surface area (Å²) in [6, 6.07) is 5.98. The van der Waals surface area contributed by atoms with E-state index in [9.17, 15) is 4.39 Å². The van der Waals surface area contributed by atoms with Crippen LogP contribution in [0.1, 0.15) is 12.8 Å². The summed E-state index contributed by atoms with van der Waals surface area (Å²) < 4.78 is 13.3. The van der Waals surface area contributed by atoms with Crippen molar-refractivity contribution in [3.8, 4) is 11.3 Å². The van der Waals surface area contributed by atoms with E-state index in [1.54, 1.807) is 6.20 Å². The molecule has 5 heteroatoms. The van der Waals surface area contributed by atoms with Gasteiger partial charge >= 0.3 is 0 Å². The summed E-state index contributed by atoms with van der Waals surface area (Å²) in [6.45, 7) is 2.15. The molecule has 102 valence electrons. The molecule has 1 saturated heterocycles. The molecule has 3 aliphatic heterocycles. The number of piperidine rings is 1. The van der Waals surface area contributed by atoms with Gasteiger partial charge in [0, 0.05) is 30.9 Å². The minimum absolute atomic E-state index is 0.337. The monoisotopic (exact) mass is 270 g/mol. The maximum Gasteiger partial charge on any atom is 0.150 e. The lowest BCUT2D eigenvalue weighted by Crippen LogP contribution is -2.35. The van der Waals surface area contributed by atoms with Crippen molar-refractivity contribution in [2.75, 3.05) is 23.3 Å². The average molecular weight is 270 g/mol. The number of hydrogen-bond acceptors (Lipinski definition) is 4. The van der Waals surface area contributed by atoms with E-state index in [2.05, 4.69) is 26.3 Å². The van der Waals surface area contributed by atoms with E-state index in [1.807, 2.05) is 6.07 Å². The zero-order chi connectivity index (χ0) is 13.5. The fraction of sp³-hybridized carbons (Fsp3) is 0.333. The van der Waals surface area contributed by atoms with Gasteiger partial charge in [0.2, 0.25) is 0 Å². The Bertz CT molecular complexity index is 650. The molecule has 2 aromatic rings. The minimum atomic E-state index is -0.337. The van der Waals surface area contributed by atoms with E-state index in [0.29, 0.717) is 11.6 Å². The van der Waals surface area contributed by atoms with E-state index in [4.69, 9.17) is 0 Å². The van der Waals surface area contributed by atoms with Crippen LogP contribution in [0.5, 0.6) is 0 Å². The van der Waals surface area contributed by atoms with Crippen molar-refractivity contribution < 1.29 is 4.39 Å². The van der Waals surface area contributed by atoms with Gasteiger partial charge in [-0.3, -0.25) is 4.98 Å². The lowest BCUT2D eigenvalue weighted by molar-refractivity contribution is 0.540. The number of halogens is 1. The highest BCUT2D eigenvalue weighted by molar-refractivity contribution is 5.73.